The summed E-state index contributed by atoms with van der Waals surface area (Å²) in [5.41, 5.74) is 4.74. The average molecular weight is 349 g/mol. The SMILES string of the molecule is Cc1cccc(C2=CCN(C(=O)CCc3ccccc3C(=O)O)CC2)c1. The van der Waals surface area contributed by atoms with Crippen LogP contribution in [-0.4, -0.2) is 35.0 Å². The van der Waals surface area contributed by atoms with Crippen LogP contribution in [0, 0.1) is 6.92 Å². The number of hydrogen-bond acceptors (Lipinski definition) is 2. The molecular weight excluding hydrogens is 326 g/mol. The molecule has 0 aliphatic carbocycles. The number of carbonyl (C=O) groups excluding carboxylic acids is 1. The summed E-state index contributed by atoms with van der Waals surface area (Å²) in [6.45, 7) is 3.40. The van der Waals surface area contributed by atoms with E-state index in [2.05, 4.69) is 37.3 Å². The van der Waals surface area contributed by atoms with Gasteiger partial charge in [-0.25, -0.2) is 4.79 Å². The molecule has 0 fully saturated rings. The lowest BCUT2D eigenvalue weighted by atomic mass is 9.97. The number of aromatic carboxylic acids is 1. The molecule has 0 radical (unpaired) electrons. The minimum Gasteiger partial charge on any atom is -0.478 e. The Morgan fingerprint density at radius 2 is 1.92 bits per heavy atom. The smallest absolute Gasteiger partial charge is 0.335 e. The quantitative estimate of drug-likeness (QED) is 0.889. The predicted octanol–water partition coefficient (Wildman–Crippen LogP) is 3.94. The number of amides is 1. The van der Waals surface area contributed by atoms with Gasteiger partial charge in [0.05, 0.1) is 5.56 Å². The topological polar surface area (TPSA) is 57.6 Å². The highest BCUT2D eigenvalue weighted by Gasteiger charge is 2.19. The first-order valence-electron chi connectivity index (χ1n) is 8.89. The van der Waals surface area contributed by atoms with Gasteiger partial charge in [-0.15, -0.1) is 0 Å². The Kier molecular flexibility index (Phi) is 5.52. The number of rotatable bonds is 5. The van der Waals surface area contributed by atoms with Crippen molar-refractivity contribution in [3.63, 3.8) is 0 Å². The molecule has 3 rings (SSSR count). The Morgan fingerprint density at radius 1 is 1.12 bits per heavy atom. The third-order valence-electron chi connectivity index (χ3n) is 4.81. The second-order valence-corrected chi connectivity index (χ2v) is 6.65. The predicted molar refractivity (Wildman–Crippen MR) is 102 cm³/mol. The van der Waals surface area contributed by atoms with Gasteiger partial charge in [0.15, 0.2) is 0 Å². The van der Waals surface area contributed by atoms with Crippen LogP contribution in [0.2, 0.25) is 0 Å². The molecule has 2 aromatic rings. The van der Waals surface area contributed by atoms with Crippen LogP contribution < -0.4 is 0 Å². The number of hydrogen-bond donors (Lipinski definition) is 1. The molecule has 1 N–H and O–H groups in total. The van der Waals surface area contributed by atoms with Crippen LogP contribution in [0.1, 0.15) is 39.9 Å². The zero-order chi connectivity index (χ0) is 18.5. The molecule has 1 aliphatic rings. The number of carboxylic acids is 1. The summed E-state index contributed by atoms with van der Waals surface area (Å²) in [6, 6.07) is 15.3. The van der Waals surface area contributed by atoms with Gasteiger partial charge < -0.3 is 10.0 Å². The first-order valence-corrected chi connectivity index (χ1v) is 8.89. The van der Waals surface area contributed by atoms with Crippen LogP contribution in [0.3, 0.4) is 0 Å². The summed E-state index contributed by atoms with van der Waals surface area (Å²) >= 11 is 0. The molecule has 4 nitrogen and oxygen atoms in total. The molecule has 0 saturated carbocycles. The molecule has 0 spiro atoms. The zero-order valence-electron chi connectivity index (χ0n) is 14.9. The Morgan fingerprint density at radius 3 is 2.62 bits per heavy atom. The van der Waals surface area contributed by atoms with Crippen molar-refractivity contribution in [2.75, 3.05) is 13.1 Å². The first kappa shape index (κ1) is 17.9. The Hall–Kier alpha value is -2.88. The van der Waals surface area contributed by atoms with Gasteiger partial charge in [-0.3, -0.25) is 4.79 Å². The van der Waals surface area contributed by atoms with Crippen LogP contribution in [0.25, 0.3) is 5.57 Å². The summed E-state index contributed by atoms with van der Waals surface area (Å²) in [6.07, 6.45) is 3.76. The van der Waals surface area contributed by atoms with E-state index in [-0.39, 0.29) is 11.5 Å². The van der Waals surface area contributed by atoms with Gasteiger partial charge in [0.25, 0.3) is 0 Å². The van der Waals surface area contributed by atoms with Gasteiger partial charge in [0.2, 0.25) is 5.91 Å². The van der Waals surface area contributed by atoms with Crippen LogP contribution in [0.15, 0.2) is 54.6 Å². The van der Waals surface area contributed by atoms with E-state index in [0.29, 0.717) is 31.5 Å². The number of benzene rings is 2. The van der Waals surface area contributed by atoms with Gasteiger partial charge in [0.1, 0.15) is 0 Å². The van der Waals surface area contributed by atoms with Crippen molar-refractivity contribution >= 4 is 17.4 Å². The molecule has 2 aromatic carbocycles. The molecule has 0 bridgehead atoms. The van der Waals surface area contributed by atoms with E-state index in [1.807, 2.05) is 11.0 Å². The Labute approximate surface area is 153 Å². The van der Waals surface area contributed by atoms with Gasteiger partial charge >= 0.3 is 5.97 Å². The molecule has 4 heteroatoms. The molecule has 0 unspecified atom stereocenters. The van der Waals surface area contributed by atoms with Crippen molar-refractivity contribution in [3.05, 3.63) is 76.9 Å². The van der Waals surface area contributed by atoms with E-state index >= 15 is 0 Å². The van der Waals surface area contributed by atoms with Crippen LogP contribution in [0.4, 0.5) is 0 Å². The second kappa shape index (κ2) is 8.00. The standard InChI is InChI=1S/C22H23NO3/c1-16-5-4-7-19(15-16)17-11-13-23(14-12-17)21(24)10-9-18-6-2-3-8-20(18)22(25)26/h2-8,11,15H,9-10,12-14H2,1H3,(H,25,26). The lowest BCUT2D eigenvalue weighted by Gasteiger charge is -2.27. The average Bonchev–Trinajstić information content (AvgIpc) is 2.66. The third-order valence-corrected chi connectivity index (χ3v) is 4.81. The van der Waals surface area contributed by atoms with Crippen molar-refractivity contribution in [2.24, 2.45) is 0 Å². The molecule has 1 amide bonds. The molecular formula is C22H23NO3. The Bertz CT molecular complexity index is 854. The number of nitrogens with zero attached hydrogens (tertiary/aromatic N) is 1. The molecule has 1 heterocycles. The fraction of sp³-hybridized carbons (Fsp3) is 0.273. The van der Waals surface area contributed by atoms with Gasteiger partial charge in [-0.05, 0) is 42.5 Å². The van der Waals surface area contributed by atoms with Crippen molar-refractivity contribution in [1.82, 2.24) is 4.90 Å². The van der Waals surface area contributed by atoms with E-state index in [1.165, 1.54) is 16.7 Å². The van der Waals surface area contributed by atoms with Crippen LogP contribution >= 0.6 is 0 Å². The summed E-state index contributed by atoms with van der Waals surface area (Å²) in [5, 5.41) is 9.23. The summed E-state index contributed by atoms with van der Waals surface area (Å²) in [5.74, 6) is -0.874. The van der Waals surface area contributed by atoms with Gasteiger partial charge in [-0.1, -0.05) is 54.1 Å². The normalized spacial score (nSPS) is 14.0. The first-order chi connectivity index (χ1) is 12.5. The fourth-order valence-corrected chi connectivity index (χ4v) is 3.35. The number of aryl methyl sites for hydroxylation is 2. The largest absolute Gasteiger partial charge is 0.478 e. The van der Waals surface area contributed by atoms with Gasteiger partial charge in [-0.2, -0.15) is 0 Å². The highest BCUT2D eigenvalue weighted by molar-refractivity contribution is 5.89. The highest BCUT2D eigenvalue weighted by atomic mass is 16.4. The molecule has 0 aromatic heterocycles. The van der Waals surface area contributed by atoms with Crippen LogP contribution in [0.5, 0.6) is 0 Å². The van der Waals surface area contributed by atoms with Gasteiger partial charge in [0, 0.05) is 19.5 Å². The maximum Gasteiger partial charge on any atom is 0.335 e. The monoisotopic (exact) mass is 349 g/mol. The fourth-order valence-electron chi connectivity index (χ4n) is 3.35. The van der Waals surface area contributed by atoms with E-state index in [0.717, 1.165) is 6.42 Å². The molecule has 134 valence electrons. The van der Waals surface area contributed by atoms with Crippen molar-refractivity contribution < 1.29 is 14.7 Å². The van der Waals surface area contributed by atoms with Crippen molar-refractivity contribution in [2.45, 2.75) is 26.2 Å². The lowest BCUT2D eigenvalue weighted by molar-refractivity contribution is -0.130. The molecule has 0 saturated heterocycles. The second-order valence-electron chi connectivity index (χ2n) is 6.65. The third kappa shape index (κ3) is 4.20. The van der Waals surface area contributed by atoms with E-state index in [1.54, 1.807) is 18.2 Å². The lowest BCUT2D eigenvalue weighted by Crippen LogP contribution is -2.34. The Balaban J connectivity index is 1.60. The zero-order valence-corrected chi connectivity index (χ0v) is 14.9. The molecule has 26 heavy (non-hydrogen) atoms. The summed E-state index contributed by atoms with van der Waals surface area (Å²) in [4.78, 5) is 25.6. The minimum absolute atomic E-state index is 0.0738. The van der Waals surface area contributed by atoms with E-state index in [4.69, 9.17) is 0 Å². The molecule has 0 atom stereocenters. The summed E-state index contributed by atoms with van der Waals surface area (Å²) < 4.78 is 0. The number of carboxylic acid groups (broad SMARTS) is 1. The van der Waals surface area contributed by atoms with E-state index < -0.39 is 5.97 Å². The molecule has 1 aliphatic heterocycles. The summed E-state index contributed by atoms with van der Waals surface area (Å²) in [7, 11) is 0. The maximum atomic E-state index is 12.5. The highest BCUT2D eigenvalue weighted by Crippen LogP contribution is 2.23. The minimum atomic E-state index is -0.947. The maximum absolute atomic E-state index is 12.5. The van der Waals surface area contributed by atoms with Crippen molar-refractivity contribution in [1.29, 1.82) is 0 Å². The van der Waals surface area contributed by atoms with Crippen molar-refractivity contribution in [3.8, 4) is 0 Å². The number of carbonyl (C=O) groups is 2. The van der Waals surface area contributed by atoms with Crippen LogP contribution in [-0.2, 0) is 11.2 Å². The van der Waals surface area contributed by atoms with E-state index in [9.17, 15) is 14.7 Å².